The molecule has 0 spiro atoms. The van der Waals surface area contributed by atoms with Gasteiger partial charge >= 0.3 is 0 Å². The molecule has 7 nitrogen and oxygen atoms in total. The van der Waals surface area contributed by atoms with E-state index in [1.807, 2.05) is 6.07 Å². The van der Waals surface area contributed by atoms with Gasteiger partial charge in [0.15, 0.2) is 0 Å². The quantitative estimate of drug-likeness (QED) is 0.719. The Morgan fingerprint density at radius 1 is 1.59 bits per heavy atom. The molecule has 1 unspecified atom stereocenters. The Hall–Kier alpha value is -1.94. The molecule has 1 saturated heterocycles. The molecule has 2 rings (SSSR count). The van der Waals surface area contributed by atoms with Crippen LogP contribution in [0.15, 0.2) is 6.33 Å². The first-order valence-electron chi connectivity index (χ1n) is 5.53. The highest BCUT2D eigenvalue weighted by molar-refractivity contribution is 5.80. The van der Waals surface area contributed by atoms with Crippen LogP contribution in [0.4, 0.5) is 0 Å². The molecule has 1 atom stereocenters. The summed E-state index contributed by atoms with van der Waals surface area (Å²) >= 11 is 0. The van der Waals surface area contributed by atoms with Gasteiger partial charge < -0.3 is 10.2 Å². The van der Waals surface area contributed by atoms with Crippen molar-refractivity contribution in [3.8, 4) is 6.07 Å². The first-order chi connectivity index (χ1) is 8.22. The summed E-state index contributed by atoms with van der Waals surface area (Å²) in [6, 6.07) is 1.43. The van der Waals surface area contributed by atoms with Crippen molar-refractivity contribution in [2.75, 3.05) is 26.2 Å². The average molecular weight is 234 g/mol. The Morgan fingerprint density at radius 3 is 2.88 bits per heavy atom. The van der Waals surface area contributed by atoms with Gasteiger partial charge in [-0.05, 0) is 6.92 Å². The summed E-state index contributed by atoms with van der Waals surface area (Å²) in [6.45, 7) is 4.82. The molecule has 0 bridgehead atoms. The third-order valence-corrected chi connectivity index (χ3v) is 2.79. The zero-order valence-corrected chi connectivity index (χ0v) is 9.63. The average Bonchev–Trinajstić information content (AvgIpc) is 2.87. The summed E-state index contributed by atoms with van der Waals surface area (Å²) in [5.74, 6) is 0.103. The van der Waals surface area contributed by atoms with Crippen molar-refractivity contribution in [3.05, 3.63) is 12.2 Å². The van der Waals surface area contributed by atoms with E-state index in [2.05, 4.69) is 15.4 Å². The van der Waals surface area contributed by atoms with Crippen molar-refractivity contribution in [1.29, 1.82) is 5.26 Å². The predicted molar refractivity (Wildman–Crippen MR) is 58.9 cm³/mol. The number of nitriles is 1. The number of carbonyl (C=O) groups is 1. The van der Waals surface area contributed by atoms with Crippen molar-refractivity contribution in [3.63, 3.8) is 0 Å². The van der Waals surface area contributed by atoms with Crippen molar-refractivity contribution in [2.45, 2.75) is 13.0 Å². The van der Waals surface area contributed by atoms with E-state index in [1.165, 1.54) is 11.0 Å². The molecule has 17 heavy (non-hydrogen) atoms. The van der Waals surface area contributed by atoms with Gasteiger partial charge in [0.05, 0.1) is 0 Å². The highest BCUT2D eigenvalue weighted by atomic mass is 16.2. The van der Waals surface area contributed by atoms with Crippen LogP contribution >= 0.6 is 0 Å². The monoisotopic (exact) mass is 234 g/mol. The minimum absolute atomic E-state index is 0.0147. The molecule has 0 radical (unpaired) electrons. The van der Waals surface area contributed by atoms with Crippen molar-refractivity contribution < 1.29 is 4.79 Å². The van der Waals surface area contributed by atoms with Crippen LogP contribution in [0.5, 0.6) is 0 Å². The fraction of sp³-hybridized carbons (Fsp3) is 0.600. The lowest BCUT2D eigenvalue weighted by Gasteiger charge is -2.29. The number of nitrogens with zero attached hydrogens (tertiary/aromatic N) is 5. The Morgan fingerprint density at radius 2 is 2.29 bits per heavy atom. The number of amides is 1. The molecule has 1 aliphatic heterocycles. The standard InChI is InChI=1S/C10H14N6O/c1-8(16-7-13-9(6-11)14-16)10(17)15-4-2-12-3-5-15/h7-8,12H,2-5H2,1H3. The van der Waals surface area contributed by atoms with E-state index in [4.69, 9.17) is 5.26 Å². The molecule has 0 aromatic carbocycles. The van der Waals surface area contributed by atoms with Gasteiger partial charge in [-0.15, -0.1) is 5.10 Å². The Bertz CT molecular complexity index is 442. The maximum Gasteiger partial charge on any atom is 0.252 e. The van der Waals surface area contributed by atoms with E-state index in [1.54, 1.807) is 11.8 Å². The first-order valence-corrected chi connectivity index (χ1v) is 5.53. The summed E-state index contributed by atoms with van der Waals surface area (Å²) in [5, 5.41) is 15.7. The van der Waals surface area contributed by atoms with E-state index >= 15 is 0 Å². The summed E-state index contributed by atoms with van der Waals surface area (Å²) < 4.78 is 1.43. The molecule has 0 saturated carbocycles. The Labute approximate surface area is 99.0 Å². The number of nitrogens with one attached hydrogen (secondary N) is 1. The van der Waals surface area contributed by atoms with Crippen molar-refractivity contribution in [2.24, 2.45) is 0 Å². The number of hydrogen-bond donors (Lipinski definition) is 1. The minimum Gasteiger partial charge on any atom is -0.338 e. The summed E-state index contributed by atoms with van der Waals surface area (Å²) in [6.07, 6.45) is 1.42. The molecule has 1 fully saturated rings. The normalized spacial score (nSPS) is 17.5. The molecule has 1 aromatic rings. The highest BCUT2D eigenvalue weighted by Crippen LogP contribution is 2.09. The molecule has 1 amide bonds. The summed E-state index contributed by atoms with van der Waals surface area (Å²) in [5.41, 5.74) is 0. The van der Waals surface area contributed by atoms with Gasteiger partial charge in [0.1, 0.15) is 18.4 Å². The lowest BCUT2D eigenvalue weighted by atomic mass is 10.2. The van der Waals surface area contributed by atoms with E-state index < -0.39 is 6.04 Å². The highest BCUT2D eigenvalue weighted by Gasteiger charge is 2.24. The molecule has 0 aliphatic carbocycles. The third-order valence-electron chi connectivity index (χ3n) is 2.79. The number of piperazine rings is 1. The molecule has 1 aromatic heterocycles. The fourth-order valence-electron chi connectivity index (χ4n) is 1.78. The van der Waals surface area contributed by atoms with Crippen LogP contribution in [0.25, 0.3) is 0 Å². The van der Waals surface area contributed by atoms with E-state index in [-0.39, 0.29) is 11.7 Å². The lowest BCUT2D eigenvalue weighted by Crippen LogP contribution is -2.48. The van der Waals surface area contributed by atoms with Crippen molar-refractivity contribution in [1.82, 2.24) is 25.0 Å². The Kier molecular flexibility index (Phi) is 3.35. The predicted octanol–water partition coefficient (Wildman–Crippen LogP) is -0.857. The molecular formula is C10H14N6O. The fourth-order valence-corrected chi connectivity index (χ4v) is 1.78. The van der Waals surface area contributed by atoms with E-state index in [0.717, 1.165) is 13.1 Å². The van der Waals surface area contributed by atoms with Crippen LogP contribution in [0, 0.1) is 11.3 Å². The first kappa shape index (κ1) is 11.5. The van der Waals surface area contributed by atoms with Crippen LogP contribution in [-0.2, 0) is 4.79 Å². The van der Waals surface area contributed by atoms with Crippen LogP contribution in [0.1, 0.15) is 18.8 Å². The second kappa shape index (κ2) is 4.93. The molecule has 90 valence electrons. The van der Waals surface area contributed by atoms with Gasteiger partial charge in [0.25, 0.3) is 5.82 Å². The van der Waals surface area contributed by atoms with Crippen molar-refractivity contribution >= 4 is 5.91 Å². The summed E-state index contributed by atoms with van der Waals surface area (Å²) in [4.78, 5) is 17.7. The zero-order chi connectivity index (χ0) is 12.3. The van der Waals surface area contributed by atoms with Crippen LogP contribution in [0.2, 0.25) is 0 Å². The molecular weight excluding hydrogens is 220 g/mol. The van der Waals surface area contributed by atoms with Gasteiger partial charge in [0.2, 0.25) is 5.91 Å². The van der Waals surface area contributed by atoms with E-state index in [0.29, 0.717) is 13.1 Å². The van der Waals surface area contributed by atoms with Crippen LogP contribution in [-0.4, -0.2) is 51.8 Å². The van der Waals surface area contributed by atoms with Gasteiger partial charge in [-0.1, -0.05) is 0 Å². The van der Waals surface area contributed by atoms with Gasteiger partial charge in [0, 0.05) is 26.2 Å². The van der Waals surface area contributed by atoms with Crippen LogP contribution in [0.3, 0.4) is 0 Å². The maximum absolute atomic E-state index is 12.1. The number of rotatable bonds is 2. The lowest BCUT2D eigenvalue weighted by molar-refractivity contribution is -0.135. The topological polar surface area (TPSA) is 86.8 Å². The molecule has 1 aliphatic rings. The molecule has 2 heterocycles. The minimum atomic E-state index is -0.414. The smallest absolute Gasteiger partial charge is 0.252 e. The second-order valence-electron chi connectivity index (χ2n) is 3.91. The van der Waals surface area contributed by atoms with Gasteiger partial charge in [-0.3, -0.25) is 4.79 Å². The molecule has 7 heteroatoms. The second-order valence-corrected chi connectivity index (χ2v) is 3.91. The SMILES string of the molecule is CC(C(=O)N1CCNCC1)n1cnc(C#N)n1. The van der Waals surface area contributed by atoms with Gasteiger partial charge in [-0.25, -0.2) is 9.67 Å². The largest absolute Gasteiger partial charge is 0.338 e. The summed E-state index contributed by atoms with van der Waals surface area (Å²) in [7, 11) is 0. The third kappa shape index (κ3) is 2.42. The van der Waals surface area contributed by atoms with E-state index in [9.17, 15) is 4.79 Å². The maximum atomic E-state index is 12.1. The number of carbonyl (C=O) groups excluding carboxylic acids is 1. The number of aromatic nitrogens is 3. The Balaban J connectivity index is 2.06. The van der Waals surface area contributed by atoms with Gasteiger partial charge in [-0.2, -0.15) is 5.26 Å². The zero-order valence-electron chi connectivity index (χ0n) is 9.63. The number of hydrogen-bond acceptors (Lipinski definition) is 5. The molecule has 1 N–H and O–H groups in total. The van der Waals surface area contributed by atoms with Crippen LogP contribution < -0.4 is 5.32 Å².